The Morgan fingerprint density at radius 3 is 2.48 bits per heavy atom. The van der Waals surface area contributed by atoms with Crippen LogP contribution in [0.1, 0.15) is 34.0 Å². The van der Waals surface area contributed by atoms with E-state index in [9.17, 15) is 37.8 Å². The monoisotopic (exact) mass is 629 g/mol. The number of rotatable bonds is 9. The first kappa shape index (κ1) is 31.2. The summed E-state index contributed by atoms with van der Waals surface area (Å²) in [5.41, 5.74) is 1.69. The molecule has 0 bridgehead atoms. The Kier molecular flexibility index (Phi) is 8.54. The van der Waals surface area contributed by atoms with Gasteiger partial charge in [-0.3, -0.25) is 14.4 Å². The number of aliphatic hydroxyl groups is 1. The lowest BCUT2D eigenvalue weighted by Gasteiger charge is -2.52. The molecule has 0 spiro atoms. The average molecular weight is 630 g/mol. The molecule has 0 aliphatic carbocycles. The van der Waals surface area contributed by atoms with Gasteiger partial charge in [0.1, 0.15) is 22.4 Å². The summed E-state index contributed by atoms with van der Waals surface area (Å²) in [4.78, 5) is 42.1. The van der Waals surface area contributed by atoms with Crippen molar-refractivity contribution < 1.29 is 42.5 Å². The summed E-state index contributed by atoms with van der Waals surface area (Å²) in [6.07, 6.45) is -6.46. The molecular formula is C31H30F3N3O6S. The third kappa shape index (κ3) is 6.20. The maximum absolute atomic E-state index is 13.7. The Morgan fingerprint density at radius 2 is 1.77 bits per heavy atom. The van der Waals surface area contributed by atoms with Crippen molar-refractivity contribution in [3.05, 3.63) is 95.1 Å². The Hall–Kier alpha value is -4.23. The molecule has 3 amide bonds. The van der Waals surface area contributed by atoms with Crippen LogP contribution in [0.5, 0.6) is 11.5 Å². The molecule has 2 aliphatic rings. The van der Waals surface area contributed by atoms with Crippen molar-refractivity contribution in [3.8, 4) is 11.5 Å². The first-order valence-electron chi connectivity index (χ1n) is 13.7. The SMILES string of the molecule is Cc1c(O)cccc1C(=O)N[C@@H](Cc1ccccc1)[C@H](O)C(=O)N1CS[C@@]2(C)C1C(=O)N2Cc1cccc(OC(F)(F)F)c1. The van der Waals surface area contributed by atoms with Gasteiger partial charge in [-0.15, -0.1) is 24.9 Å². The molecule has 0 radical (unpaired) electrons. The molecule has 4 atom stereocenters. The first-order valence-corrected chi connectivity index (χ1v) is 14.7. The number of nitrogens with zero attached hydrogens (tertiary/aromatic N) is 2. The molecular weight excluding hydrogens is 599 g/mol. The number of fused-ring (bicyclic) bond motifs is 1. The second-order valence-electron chi connectivity index (χ2n) is 10.8. The molecule has 2 fully saturated rings. The summed E-state index contributed by atoms with van der Waals surface area (Å²) in [6.45, 7) is 3.33. The number of phenols is 1. The Bertz CT molecular complexity index is 1570. The summed E-state index contributed by atoms with van der Waals surface area (Å²) in [5.74, 6) is -2.15. The van der Waals surface area contributed by atoms with Gasteiger partial charge < -0.3 is 30.1 Å². The number of thioether (sulfide) groups is 1. The van der Waals surface area contributed by atoms with Gasteiger partial charge in [0.2, 0.25) is 5.91 Å². The number of β-lactam (4-membered cyclic amide) rings is 1. The number of halogens is 3. The number of likely N-dealkylation sites (tertiary alicyclic amines) is 1. The molecule has 2 aliphatic heterocycles. The lowest BCUT2D eigenvalue weighted by molar-refractivity contribution is -0.274. The van der Waals surface area contributed by atoms with Crippen molar-refractivity contribution >= 4 is 29.5 Å². The second-order valence-corrected chi connectivity index (χ2v) is 12.2. The van der Waals surface area contributed by atoms with E-state index in [1.54, 1.807) is 44.2 Å². The second kappa shape index (κ2) is 12.0. The lowest BCUT2D eigenvalue weighted by Crippen LogP contribution is -2.73. The number of phenolic OH excluding ortho intramolecular Hbond substituents is 1. The van der Waals surface area contributed by atoms with Gasteiger partial charge in [-0.2, -0.15) is 0 Å². The van der Waals surface area contributed by atoms with Crippen molar-refractivity contribution in [1.82, 2.24) is 15.1 Å². The van der Waals surface area contributed by atoms with Gasteiger partial charge in [-0.25, -0.2) is 0 Å². The van der Waals surface area contributed by atoms with Gasteiger partial charge in [0, 0.05) is 17.7 Å². The van der Waals surface area contributed by atoms with Crippen LogP contribution < -0.4 is 10.1 Å². The lowest BCUT2D eigenvalue weighted by atomic mass is 9.92. The number of benzene rings is 3. The first-order chi connectivity index (χ1) is 20.8. The summed E-state index contributed by atoms with van der Waals surface area (Å²) >= 11 is 1.30. The molecule has 0 aromatic heterocycles. The van der Waals surface area contributed by atoms with E-state index in [0.29, 0.717) is 11.1 Å². The highest BCUT2D eigenvalue weighted by atomic mass is 32.2. The number of alkyl halides is 3. The number of hydrogen-bond acceptors (Lipinski definition) is 7. The maximum atomic E-state index is 13.7. The van der Waals surface area contributed by atoms with E-state index >= 15 is 0 Å². The van der Waals surface area contributed by atoms with Crippen molar-refractivity contribution in [2.45, 2.75) is 56.2 Å². The van der Waals surface area contributed by atoms with Gasteiger partial charge in [-0.1, -0.05) is 48.5 Å². The molecule has 13 heteroatoms. The zero-order chi connectivity index (χ0) is 31.8. The fourth-order valence-corrected chi connectivity index (χ4v) is 6.92. The van der Waals surface area contributed by atoms with E-state index in [1.165, 1.54) is 51.9 Å². The molecule has 0 saturated carbocycles. The number of hydrogen-bond donors (Lipinski definition) is 3. The van der Waals surface area contributed by atoms with E-state index in [0.717, 1.165) is 11.6 Å². The van der Waals surface area contributed by atoms with Crippen LogP contribution in [-0.4, -0.2) is 73.0 Å². The number of aliphatic hydroxyl groups excluding tert-OH is 1. The number of ether oxygens (including phenoxy) is 1. The Balaban J connectivity index is 1.32. The Morgan fingerprint density at radius 1 is 1.09 bits per heavy atom. The van der Waals surface area contributed by atoms with E-state index in [4.69, 9.17) is 0 Å². The van der Waals surface area contributed by atoms with Crippen LogP contribution in [0.15, 0.2) is 72.8 Å². The van der Waals surface area contributed by atoms with Crippen molar-refractivity contribution in [2.75, 3.05) is 5.88 Å². The predicted octanol–water partition coefficient (Wildman–Crippen LogP) is 3.96. The summed E-state index contributed by atoms with van der Waals surface area (Å²) in [5, 5.41) is 24.1. The molecule has 3 N–H and O–H groups in total. The van der Waals surface area contributed by atoms with E-state index in [1.807, 2.05) is 6.07 Å². The van der Waals surface area contributed by atoms with Gasteiger partial charge in [0.05, 0.1) is 11.9 Å². The molecule has 9 nitrogen and oxygen atoms in total. The Labute approximate surface area is 255 Å². The molecule has 44 heavy (non-hydrogen) atoms. The molecule has 1 unspecified atom stereocenters. The molecule has 2 saturated heterocycles. The largest absolute Gasteiger partial charge is 0.573 e. The van der Waals surface area contributed by atoms with Crippen LogP contribution in [-0.2, 0) is 22.6 Å². The highest BCUT2D eigenvalue weighted by Crippen LogP contribution is 2.51. The normalized spacial score (nSPS) is 20.9. The van der Waals surface area contributed by atoms with Crippen LogP contribution in [0.2, 0.25) is 0 Å². The third-order valence-electron chi connectivity index (χ3n) is 7.91. The molecule has 5 rings (SSSR count). The van der Waals surface area contributed by atoms with Crippen LogP contribution in [0.4, 0.5) is 13.2 Å². The standard InChI is InChI=1S/C31H30F3N3O6S/c1-18-22(12-7-13-24(18)38)27(40)35-23(15-19-8-4-3-5-9-19)25(39)28(41)36-17-44-30(2)26(36)29(42)37(30)16-20-10-6-11-21(14-20)43-31(32,33)34/h3-14,23,25-26,38-39H,15-17H2,1-2H3,(H,35,40)/t23-,25-,26?,30-/m0/s1. The fraction of sp³-hybridized carbons (Fsp3) is 0.323. The van der Waals surface area contributed by atoms with E-state index in [2.05, 4.69) is 10.1 Å². The summed E-state index contributed by atoms with van der Waals surface area (Å²) < 4.78 is 42.0. The zero-order valence-corrected chi connectivity index (χ0v) is 24.6. The smallest absolute Gasteiger partial charge is 0.508 e. The van der Waals surface area contributed by atoms with Gasteiger partial charge in [-0.05, 0) is 55.7 Å². The average Bonchev–Trinajstić information content (AvgIpc) is 3.29. The maximum Gasteiger partial charge on any atom is 0.573 e. The molecule has 3 aromatic rings. The molecule has 2 heterocycles. The van der Waals surface area contributed by atoms with Crippen molar-refractivity contribution in [2.24, 2.45) is 0 Å². The molecule has 232 valence electrons. The number of carbonyl (C=O) groups is 3. The minimum absolute atomic E-state index is 0.00552. The number of aromatic hydroxyl groups is 1. The van der Waals surface area contributed by atoms with E-state index in [-0.39, 0.29) is 30.2 Å². The highest BCUT2D eigenvalue weighted by molar-refractivity contribution is 8.01. The highest BCUT2D eigenvalue weighted by Gasteiger charge is 2.65. The van der Waals surface area contributed by atoms with E-state index < -0.39 is 52.9 Å². The van der Waals surface area contributed by atoms with Crippen LogP contribution >= 0.6 is 11.8 Å². The fourth-order valence-electron chi connectivity index (χ4n) is 5.55. The number of amides is 3. The van der Waals surface area contributed by atoms with Crippen LogP contribution in [0.25, 0.3) is 0 Å². The minimum Gasteiger partial charge on any atom is -0.508 e. The quantitative estimate of drug-likeness (QED) is 0.307. The minimum atomic E-state index is -4.86. The van der Waals surface area contributed by atoms with Crippen molar-refractivity contribution in [3.63, 3.8) is 0 Å². The molecule has 3 aromatic carbocycles. The van der Waals surface area contributed by atoms with Crippen LogP contribution in [0, 0.1) is 6.92 Å². The predicted molar refractivity (Wildman–Crippen MR) is 155 cm³/mol. The summed E-state index contributed by atoms with van der Waals surface area (Å²) in [6, 6.07) is 16.8. The van der Waals surface area contributed by atoms with Gasteiger partial charge in [0.25, 0.3) is 11.8 Å². The topological polar surface area (TPSA) is 119 Å². The zero-order valence-electron chi connectivity index (χ0n) is 23.7. The third-order valence-corrected chi connectivity index (χ3v) is 9.34. The van der Waals surface area contributed by atoms with Gasteiger partial charge in [0.15, 0.2) is 6.10 Å². The van der Waals surface area contributed by atoms with Crippen molar-refractivity contribution in [1.29, 1.82) is 0 Å². The number of carbonyl (C=O) groups excluding carboxylic acids is 3. The van der Waals surface area contributed by atoms with Crippen LogP contribution in [0.3, 0.4) is 0 Å². The summed E-state index contributed by atoms with van der Waals surface area (Å²) in [7, 11) is 0. The number of nitrogens with one attached hydrogen (secondary N) is 1. The van der Waals surface area contributed by atoms with Gasteiger partial charge >= 0.3 is 6.36 Å².